The van der Waals surface area contributed by atoms with Gasteiger partial charge in [0.05, 0.1) is 31.0 Å². The Morgan fingerprint density at radius 2 is 2.08 bits per heavy atom. The van der Waals surface area contributed by atoms with Gasteiger partial charge in [0.1, 0.15) is 6.33 Å². The normalized spacial score (nSPS) is 10.9. The molecule has 0 aliphatic carbocycles. The van der Waals surface area contributed by atoms with Crippen LogP contribution in [0.3, 0.4) is 0 Å². The maximum absolute atomic E-state index is 12.0. The van der Waals surface area contributed by atoms with Gasteiger partial charge in [0.15, 0.2) is 0 Å². The molecule has 3 aromatic rings. The fourth-order valence-electron chi connectivity index (χ4n) is 2.63. The minimum absolute atomic E-state index is 0.360. The van der Waals surface area contributed by atoms with Crippen molar-refractivity contribution in [3.05, 3.63) is 65.7 Å². The summed E-state index contributed by atoms with van der Waals surface area (Å²) in [7, 11) is 1.38. The molecule has 24 heavy (non-hydrogen) atoms. The SMILES string of the molecule is COC(=O)c1cn2ncncc2c1CCCOCc1ccccc1. The largest absolute Gasteiger partial charge is 0.465 e. The zero-order valence-corrected chi connectivity index (χ0v) is 13.5. The van der Waals surface area contributed by atoms with E-state index in [2.05, 4.69) is 10.1 Å². The Balaban J connectivity index is 1.63. The average Bonchev–Trinajstić information content (AvgIpc) is 3.00. The van der Waals surface area contributed by atoms with E-state index in [0.29, 0.717) is 25.2 Å². The number of hydrogen-bond acceptors (Lipinski definition) is 5. The van der Waals surface area contributed by atoms with Gasteiger partial charge in [-0.25, -0.2) is 14.3 Å². The number of carbonyl (C=O) groups is 1. The van der Waals surface area contributed by atoms with Gasteiger partial charge in [-0.05, 0) is 24.0 Å². The van der Waals surface area contributed by atoms with Crippen molar-refractivity contribution in [2.45, 2.75) is 19.4 Å². The van der Waals surface area contributed by atoms with Crippen molar-refractivity contribution in [1.82, 2.24) is 14.6 Å². The van der Waals surface area contributed by atoms with Gasteiger partial charge >= 0.3 is 5.97 Å². The number of hydrogen-bond donors (Lipinski definition) is 0. The molecule has 2 heterocycles. The third-order valence-electron chi connectivity index (χ3n) is 3.80. The third-order valence-corrected chi connectivity index (χ3v) is 3.80. The minimum Gasteiger partial charge on any atom is -0.465 e. The number of aromatic nitrogens is 3. The van der Waals surface area contributed by atoms with E-state index in [1.807, 2.05) is 30.3 Å². The Morgan fingerprint density at radius 1 is 1.25 bits per heavy atom. The van der Waals surface area contributed by atoms with Gasteiger partial charge in [-0.15, -0.1) is 0 Å². The molecule has 0 fully saturated rings. The average molecular weight is 325 g/mol. The highest BCUT2D eigenvalue weighted by Crippen LogP contribution is 2.20. The van der Waals surface area contributed by atoms with Crippen molar-refractivity contribution in [2.75, 3.05) is 13.7 Å². The van der Waals surface area contributed by atoms with Crippen LogP contribution in [-0.4, -0.2) is 34.3 Å². The van der Waals surface area contributed by atoms with E-state index < -0.39 is 0 Å². The van der Waals surface area contributed by atoms with Crippen LogP contribution in [0, 0.1) is 0 Å². The first-order valence-electron chi connectivity index (χ1n) is 7.80. The van der Waals surface area contributed by atoms with Crippen LogP contribution in [0.25, 0.3) is 5.52 Å². The van der Waals surface area contributed by atoms with Crippen molar-refractivity contribution in [1.29, 1.82) is 0 Å². The Hall–Kier alpha value is -2.73. The predicted molar refractivity (Wildman–Crippen MR) is 88.7 cm³/mol. The van der Waals surface area contributed by atoms with Crippen LogP contribution in [0.5, 0.6) is 0 Å². The van der Waals surface area contributed by atoms with Crippen LogP contribution in [-0.2, 0) is 22.5 Å². The van der Waals surface area contributed by atoms with Gasteiger partial charge in [-0.1, -0.05) is 30.3 Å². The van der Waals surface area contributed by atoms with Gasteiger partial charge in [-0.2, -0.15) is 5.10 Å². The van der Waals surface area contributed by atoms with Gasteiger partial charge in [0, 0.05) is 12.8 Å². The molecule has 0 atom stereocenters. The zero-order chi connectivity index (χ0) is 16.8. The highest BCUT2D eigenvalue weighted by atomic mass is 16.5. The second-order valence-corrected chi connectivity index (χ2v) is 5.39. The lowest BCUT2D eigenvalue weighted by atomic mass is 10.1. The van der Waals surface area contributed by atoms with Crippen molar-refractivity contribution in [3.63, 3.8) is 0 Å². The minimum atomic E-state index is -0.360. The number of fused-ring (bicyclic) bond motifs is 1. The summed E-state index contributed by atoms with van der Waals surface area (Å²) < 4.78 is 12.2. The smallest absolute Gasteiger partial charge is 0.339 e. The summed E-state index contributed by atoms with van der Waals surface area (Å²) >= 11 is 0. The van der Waals surface area contributed by atoms with Crippen molar-refractivity contribution in [2.24, 2.45) is 0 Å². The van der Waals surface area contributed by atoms with Crippen LogP contribution in [0.2, 0.25) is 0 Å². The first-order chi connectivity index (χ1) is 11.8. The van der Waals surface area contributed by atoms with E-state index in [1.165, 1.54) is 13.4 Å². The number of methoxy groups -OCH3 is 1. The molecule has 6 nitrogen and oxygen atoms in total. The molecule has 0 saturated carbocycles. The molecule has 1 aromatic carbocycles. The van der Waals surface area contributed by atoms with Gasteiger partial charge in [-0.3, -0.25) is 0 Å². The maximum atomic E-state index is 12.0. The number of carbonyl (C=O) groups excluding carboxylic acids is 1. The van der Waals surface area contributed by atoms with Crippen LogP contribution in [0.1, 0.15) is 27.9 Å². The molecular weight excluding hydrogens is 306 g/mol. The number of ether oxygens (including phenoxy) is 2. The number of rotatable bonds is 7. The van der Waals surface area contributed by atoms with Gasteiger partial charge < -0.3 is 9.47 Å². The molecular formula is C18H19N3O3. The fraction of sp³-hybridized carbons (Fsp3) is 0.278. The molecule has 0 aliphatic rings. The lowest BCUT2D eigenvalue weighted by Crippen LogP contribution is -2.04. The molecule has 0 saturated heterocycles. The van der Waals surface area contributed by atoms with Crippen molar-refractivity contribution >= 4 is 11.5 Å². The maximum Gasteiger partial charge on any atom is 0.339 e. The standard InChI is InChI=1S/C18H19N3O3/c1-23-18(22)16-11-21-17(10-19-13-20-21)15(16)8-5-9-24-12-14-6-3-2-4-7-14/h2-4,6-7,10-11,13H,5,8-9,12H2,1H3. The molecule has 0 aliphatic heterocycles. The number of aryl methyl sites for hydroxylation is 1. The summed E-state index contributed by atoms with van der Waals surface area (Å²) in [5, 5.41) is 4.13. The van der Waals surface area contributed by atoms with E-state index in [0.717, 1.165) is 23.1 Å². The number of nitrogens with zero attached hydrogens (tertiary/aromatic N) is 3. The third kappa shape index (κ3) is 3.60. The predicted octanol–water partition coefficient (Wildman–Crippen LogP) is 2.67. The van der Waals surface area contributed by atoms with Gasteiger partial charge in [0.25, 0.3) is 0 Å². The molecule has 0 amide bonds. The molecule has 0 unspecified atom stereocenters. The highest BCUT2D eigenvalue weighted by molar-refractivity contribution is 5.93. The molecule has 2 aromatic heterocycles. The molecule has 0 N–H and O–H groups in total. The van der Waals surface area contributed by atoms with Crippen LogP contribution < -0.4 is 0 Å². The van der Waals surface area contributed by atoms with E-state index in [-0.39, 0.29) is 5.97 Å². The lowest BCUT2D eigenvalue weighted by molar-refractivity contribution is 0.0599. The Labute approximate surface area is 140 Å². The molecule has 3 rings (SSSR count). The molecule has 6 heteroatoms. The monoisotopic (exact) mass is 325 g/mol. The first-order valence-corrected chi connectivity index (χ1v) is 7.80. The summed E-state index contributed by atoms with van der Waals surface area (Å²) in [5.41, 5.74) is 3.39. The Morgan fingerprint density at radius 3 is 2.88 bits per heavy atom. The zero-order valence-electron chi connectivity index (χ0n) is 13.5. The summed E-state index contributed by atoms with van der Waals surface area (Å²) in [4.78, 5) is 16.0. The van der Waals surface area contributed by atoms with Crippen molar-refractivity contribution < 1.29 is 14.3 Å². The van der Waals surface area contributed by atoms with E-state index in [9.17, 15) is 4.79 Å². The lowest BCUT2D eigenvalue weighted by Gasteiger charge is -2.06. The quantitative estimate of drug-likeness (QED) is 0.493. The summed E-state index contributed by atoms with van der Waals surface area (Å²) in [6.07, 6.45) is 6.33. The second-order valence-electron chi connectivity index (χ2n) is 5.39. The molecule has 0 spiro atoms. The topological polar surface area (TPSA) is 65.7 Å². The number of esters is 1. The number of benzene rings is 1. The van der Waals surface area contributed by atoms with Crippen LogP contribution >= 0.6 is 0 Å². The molecule has 124 valence electrons. The highest BCUT2D eigenvalue weighted by Gasteiger charge is 2.18. The summed E-state index contributed by atoms with van der Waals surface area (Å²) in [5.74, 6) is -0.360. The Kier molecular flexibility index (Phi) is 5.18. The summed E-state index contributed by atoms with van der Waals surface area (Å²) in [6, 6.07) is 10.0. The van der Waals surface area contributed by atoms with Crippen LogP contribution in [0.15, 0.2) is 49.1 Å². The van der Waals surface area contributed by atoms with Crippen LogP contribution in [0.4, 0.5) is 0 Å². The molecule has 0 radical (unpaired) electrons. The Bertz CT molecular complexity index is 815. The van der Waals surface area contributed by atoms with E-state index in [4.69, 9.17) is 9.47 Å². The van der Waals surface area contributed by atoms with E-state index in [1.54, 1.807) is 16.9 Å². The first kappa shape index (κ1) is 16.1. The fourth-order valence-corrected chi connectivity index (χ4v) is 2.63. The molecule has 0 bridgehead atoms. The van der Waals surface area contributed by atoms with E-state index >= 15 is 0 Å². The van der Waals surface area contributed by atoms with Crippen molar-refractivity contribution in [3.8, 4) is 0 Å². The second kappa shape index (κ2) is 7.70. The summed E-state index contributed by atoms with van der Waals surface area (Å²) in [6.45, 7) is 1.20. The van der Waals surface area contributed by atoms with Gasteiger partial charge in [0.2, 0.25) is 0 Å².